The number of furan rings is 1. The van der Waals surface area contributed by atoms with Gasteiger partial charge in [0.25, 0.3) is 0 Å². The van der Waals surface area contributed by atoms with Crippen LogP contribution >= 0.6 is 0 Å². The number of hydrogen-bond acceptors (Lipinski definition) is 5. The Labute approximate surface area is 309 Å². The van der Waals surface area contributed by atoms with Crippen molar-refractivity contribution < 1.29 is 4.42 Å². The van der Waals surface area contributed by atoms with E-state index in [0.717, 1.165) is 88.8 Å². The van der Waals surface area contributed by atoms with Crippen molar-refractivity contribution in [2.75, 3.05) is 0 Å². The summed E-state index contributed by atoms with van der Waals surface area (Å²) in [7, 11) is 0. The number of benzene rings is 5. The fourth-order valence-electron chi connectivity index (χ4n) is 7.13. The molecule has 5 aromatic carbocycles. The number of rotatable bonds is 4. The summed E-state index contributed by atoms with van der Waals surface area (Å²) in [4.78, 5) is 20.7. The SMILES string of the molecule is CC(C)(C)c1ccc2ccc3c(-c4cccc(-c5cccc(-c6nc(-c7ccccc7)nc7c6oc6ccccc67)c5)c4)cc(C(C)(C)C)nc3c2n1. The van der Waals surface area contributed by atoms with E-state index in [2.05, 4.69) is 126 Å². The zero-order chi connectivity index (χ0) is 36.5. The lowest BCUT2D eigenvalue weighted by Crippen LogP contribution is -2.15. The number of fused-ring (bicyclic) bond motifs is 6. The zero-order valence-electron chi connectivity index (χ0n) is 30.9. The first-order valence-corrected chi connectivity index (χ1v) is 18.2. The molecular formula is C48H40N4O. The predicted molar refractivity (Wildman–Crippen MR) is 219 cm³/mol. The number of hydrogen-bond donors (Lipinski definition) is 0. The van der Waals surface area contributed by atoms with Crippen LogP contribution in [0.1, 0.15) is 52.9 Å². The van der Waals surface area contributed by atoms with Gasteiger partial charge in [-0.15, -0.1) is 0 Å². The smallest absolute Gasteiger partial charge is 0.180 e. The van der Waals surface area contributed by atoms with Crippen molar-refractivity contribution in [3.05, 3.63) is 145 Å². The molecule has 9 rings (SSSR count). The van der Waals surface area contributed by atoms with Gasteiger partial charge in [-0.2, -0.15) is 0 Å². The number of aromatic nitrogens is 4. The minimum absolute atomic E-state index is 0.0746. The molecule has 9 aromatic rings. The van der Waals surface area contributed by atoms with Crippen LogP contribution in [-0.2, 0) is 10.8 Å². The molecule has 0 aliphatic heterocycles. The molecule has 5 nitrogen and oxygen atoms in total. The van der Waals surface area contributed by atoms with Crippen molar-refractivity contribution in [2.45, 2.75) is 52.4 Å². The third kappa shape index (κ3) is 5.83. The number of para-hydroxylation sites is 1. The molecule has 0 fully saturated rings. The Morgan fingerprint density at radius 2 is 1.06 bits per heavy atom. The maximum atomic E-state index is 6.45. The number of pyridine rings is 2. The average Bonchev–Trinajstić information content (AvgIpc) is 3.55. The summed E-state index contributed by atoms with van der Waals surface area (Å²) in [6.45, 7) is 13.3. The van der Waals surface area contributed by atoms with Crippen LogP contribution in [0.4, 0.5) is 0 Å². The van der Waals surface area contributed by atoms with E-state index >= 15 is 0 Å². The van der Waals surface area contributed by atoms with Crippen molar-refractivity contribution in [3.63, 3.8) is 0 Å². The van der Waals surface area contributed by atoms with Gasteiger partial charge in [0, 0.05) is 49.5 Å². The lowest BCUT2D eigenvalue weighted by atomic mass is 9.87. The Bertz CT molecular complexity index is 2860. The molecule has 0 radical (unpaired) electrons. The molecule has 4 aromatic heterocycles. The summed E-state index contributed by atoms with van der Waals surface area (Å²) < 4.78 is 6.45. The topological polar surface area (TPSA) is 64.7 Å². The van der Waals surface area contributed by atoms with Crippen LogP contribution in [0, 0.1) is 0 Å². The highest BCUT2D eigenvalue weighted by molar-refractivity contribution is 6.09. The molecule has 4 heterocycles. The first kappa shape index (κ1) is 32.7. The van der Waals surface area contributed by atoms with Gasteiger partial charge in [0.1, 0.15) is 16.8 Å². The Morgan fingerprint density at radius 1 is 0.434 bits per heavy atom. The molecule has 0 amide bonds. The van der Waals surface area contributed by atoms with Crippen molar-refractivity contribution >= 4 is 43.9 Å². The highest BCUT2D eigenvalue weighted by atomic mass is 16.3. The largest absolute Gasteiger partial charge is 0.452 e. The van der Waals surface area contributed by atoms with Gasteiger partial charge in [-0.1, -0.05) is 139 Å². The average molecular weight is 689 g/mol. The second kappa shape index (κ2) is 12.2. The minimum Gasteiger partial charge on any atom is -0.452 e. The quantitative estimate of drug-likeness (QED) is 0.172. The molecule has 0 saturated heterocycles. The summed E-state index contributed by atoms with van der Waals surface area (Å²) >= 11 is 0. The second-order valence-electron chi connectivity index (χ2n) is 16.0. The lowest BCUT2D eigenvalue weighted by molar-refractivity contribution is 0.570. The molecule has 0 aliphatic rings. The standard InChI is InChI=1S/C48H40N4O/c1-47(2,3)39-25-23-29-22-24-35-37(28-40(48(4,5)6)50-43(35)41(29)49-39)33-18-12-16-31(26-33)32-17-13-19-34(27-32)42-45-44(36-20-10-11-21-38(36)53-45)52-46(51-42)30-14-8-7-9-15-30/h7-28H,1-6H3. The van der Waals surface area contributed by atoms with Crippen LogP contribution in [-0.4, -0.2) is 19.9 Å². The maximum absolute atomic E-state index is 6.45. The van der Waals surface area contributed by atoms with E-state index in [1.165, 1.54) is 0 Å². The van der Waals surface area contributed by atoms with Gasteiger partial charge in [0.15, 0.2) is 11.4 Å². The summed E-state index contributed by atoms with van der Waals surface area (Å²) in [5, 5.41) is 3.17. The van der Waals surface area contributed by atoms with Crippen LogP contribution < -0.4 is 0 Å². The van der Waals surface area contributed by atoms with E-state index in [9.17, 15) is 0 Å². The molecule has 0 atom stereocenters. The van der Waals surface area contributed by atoms with Crippen molar-refractivity contribution in [1.29, 1.82) is 0 Å². The highest BCUT2D eigenvalue weighted by Crippen LogP contribution is 2.39. The Balaban J connectivity index is 1.21. The van der Waals surface area contributed by atoms with Gasteiger partial charge >= 0.3 is 0 Å². The van der Waals surface area contributed by atoms with Crippen LogP contribution in [0.15, 0.2) is 138 Å². The summed E-state index contributed by atoms with van der Waals surface area (Å²) in [5.74, 6) is 0.669. The predicted octanol–water partition coefficient (Wildman–Crippen LogP) is 12.7. The maximum Gasteiger partial charge on any atom is 0.180 e. The van der Waals surface area contributed by atoms with Crippen LogP contribution in [0.2, 0.25) is 0 Å². The molecular weight excluding hydrogens is 649 g/mol. The molecule has 5 heteroatoms. The van der Waals surface area contributed by atoms with Crippen molar-refractivity contribution in [1.82, 2.24) is 19.9 Å². The summed E-state index contributed by atoms with van der Waals surface area (Å²) in [6.07, 6.45) is 0. The summed E-state index contributed by atoms with van der Waals surface area (Å²) in [6, 6.07) is 46.5. The Morgan fingerprint density at radius 3 is 1.81 bits per heavy atom. The molecule has 0 N–H and O–H groups in total. The number of nitrogens with zero attached hydrogens (tertiary/aromatic N) is 4. The molecule has 0 unspecified atom stereocenters. The Hall–Kier alpha value is -6.20. The normalized spacial score (nSPS) is 12.3. The Kier molecular flexibility index (Phi) is 7.53. The van der Waals surface area contributed by atoms with Crippen molar-refractivity contribution in [3.8, 4) is 44.9 Å². The van der Waals surface area contributed by atoms with Gasteiger partial charge in [-0.05, 0) is 58.7 Å². The van der Waals surface area contributed by atoms with E-state index in [1.807, 2.05) is 48.5 Å². The highest BCUT2D eigenvalue weighted by Gasteiger charge is 2.23. The van der Waals surface area contributed by atoms with Gasteiger partial charge in [-0.3, -0.25) is 0 Å². The molecule has 0 spiro atoms. The molecule has 0 bridgehead atoms. The van der Waals surface area contributed by atoms with Crippen molar-refractivity contribution in [2.24, 2.45) is 0 Å². The molecule has 0 saturated carbocycles. The lowest BCUT2D eigenvalue weighted by Gasteiger charge is -2.22. The fraction of sp³-hybridized carbons (Fsp3) is 0.167. The van der Waals surface area contributed by atoms with Gasteiger partial charge in [-0.25, -0.2) is 19.9 Å². The minimum atomic E-state index is -0.156. The van der Waals surface area contributed by atoms with E-state index in [-0.39, 0.29) is 10.8 Å². The van der Waals surface area contributed by atoms with E-state index in [4.69, 9.17) is 24.4 Å². The third-order valence-electron chi connectivity index (χ3n) is 10.1. The molecule has 0 aliphatic carbocycles. The van der Waals surface area contributed by atoms with Gasteiger partial charge in [0.2, 0.25) is 0 Å². The first-order chi connectivity index (χ1) is 25.5. The van der Waals surface area contributed by atoms with Gasteiger partial charge < -0.3 is 4.42 Å². The summed E-state index contributed by atoms with van der Waals surface area (Å²) in [5.41, 5.74) is 13.2. The molecule has 258 valence electrons. The first-order valence-electron chi connectivity index (χ1n) is 18.2. The fourth-order valence-corrected chi connectivity index (χ4v) is 7.13. The van der Waals surface area contributed by atoms with E-state index < -0.39 is 0 Å². The second-order valence-corrected chi connectivity index (χ2v) is 16.0. The monoisotopic (exact) mass is 688 g/mol. The van der Waals surface area contributed by atoms with E-state index in [0.29, 0.717) is 11.4 Å². The third-order valence-corrected chi connectivity index (χ3v) is 10.1. The van der Waals surface area contributed by atoms with Gasteiger partial charge in [0.05, 0.1) is 11.0 Å². The zero-order valence-corrected chi connectivity index (χ0v) is 30.9. The van der Waals surface area contributed by atoms with Crippen LogP contribution in [0.25, 0.3) is 88.8 Å². The van der Waals surface area contributed by atoms with Crippen LogP contribution in [0.3, 0.4) is 0 Å². The van der Waals surface area contributed by atoms with Crippen LogP contribution in [0.5, 0.6) is 0 Å². The molecule has 53 heavy (non-hydrogen) atoms. The van der Waals surface area contributed by atoms with E-state index in [1.54, 1.807) is 0 Å².